The number of aromatic nitrogens is 1. The molecule has 0 aliphatic carbocycles. The smallest absolute Gasteiger partial charge is 0.269 e. The van der Waals surface area contributed by atoms with Gasteiger partial charge in [0.2, 0.25) is 6.04 Å². The summed E-state index contributed by atoms with van der Waals surface area (Å²) in [6, 6.07) is 8.21. The molecule has 2 aromatic rings. The standard InChI is InChI=1S/C15H11N7O4/c16-8-13(19-18-11-3-5-12(6-4-11)22(25)26)15(24)21-20-14(23)10-2-1-7-17-9-10/h1-7,9,13H,(H,20,23)(H,21,24). The van der Waals surface area contributed by atoms with E-state index < -0.39 is 22.8 Å². The third-order valence-corrected chi connectivity index (χ3v) is 2.94. The van der Waals surface area contributed by atoms with Crippen LogP contribution in [0.1, 0.15) is 10.4 Å². The van der Waals surface area contributed by atoms with Crippen molar-refractivity contribution in [3.05, 3.63) is 64.5 Å². The SMILES string of the molecule is N#CC(N=Nc1ccc([N+](=O)[O-])cc1)C(=O)NNC(=O)c1cccnc1. The van der Waals surface area contributed by atoms with Crippen molar-refractivity contribution in [2.75, 3.05) is 0 Å². The largest absolute Gasteiger partial charge is 0.279 e. The molecule has 0 saturated heterocycles. The van der Waals surface area contributed by atoms with Crippen molar-refractivity contribution in [1.29, 1.82) is 5.26 Å². The van der Waals surface area contributed by atoms with Gasteiger partial charge in [-0.3, -0.25) is 35.5 Å². The molecule has 1 atom stereocenters. The number of hydrazine groups is 1. The number of amides is 2. The maximum absolute atomic E-state index is 11.9. The molecular formula is C15H11N7O4. The number of nitro groups is 1. The molecule has 0 bridgehead atoms. The number of carbonyl (C=O) groups is 2. The summed E-state index contributed by atoms with van der Waals surface area (Å²) in [5, 5.41) is 26.8. The molecule has 0 radical (unpaired) electrons. The van der Waals surface area contributed by atoms with Gasteiger partial charge in [0.15, 0.2) is 0 Å². The average molecular weight is 353 g/mol. The summed E-state index contributed by atoms with van der Waals surface area (Å²) in [5.41, 5.74) is 4.50. The van der Waals surface area contributed by atoms with Crippen molar-refractivity contribution in [1.82, 2.24) is 15.8 Å². The van der Waals surface area contributed by atoms with Crippen LogP contribution in [0.2, 0.25) is 0 Å². The molecule has 11 heteroatoms. The zero-order valence-electron chi connectivity index (χ0n) is 13.1. The van der Waals surface area contributed by atoms with Crippen molar-refractivity contribution < 1.29 is 14.5 Å². The summed E-state index contributed by atoms with van der Waals surface area (Å²) >= 11 is 0. The second-order valence-electron chi connectivity index (χ2n) is 4.71. The van der Waals surface area contributed by atoms with Crippen LogP contribution in [0.15, 0.2) is 59.0 Å². The van der Waals surface area contributed by atoms with Gasteiger partial charge in [-0.2, -0.15) is 15.5 Å². The van der Waals surface area contributed by atoms with Gasteiger partial charge >= 0.3 is 0 Å². The normalized spacial score (nSPS) is 11.3. The number of hydrogen-bond acceptors (Lipinski definition) is 8. The number of benzene rings is 1. The van der Waals surface area contributed by atoms with Gasteiger partial charge in [0, 0.05) is 24.5 Å². The molecule has 0 aliphatic rings. The van der Waals surface area contributed by atoms with Crippen LogP contribution in [0.4, 0.5) is 11.4 Å². The summed E-state index contributed by atoms with van der Waals surface area (Å²) in [4.78, 5) is 37.4. The summed E-state index contributed by atoms with van der Waals surface area (Å²) in [6.45, 7) is 0. The van der Waals surface area contributed by atoms with Crippen molar-refractivity contribution in [2.45, 2.75) is 6.04 Å². The van der Waals surface area contributed by atoms with Crippen LogP contribution >= 0.6 is 0 Å². The van der Waals surface area contributed by atoms with Crippen LogP contribution in [-0.4, -0.2) is 27.8 Å². The zero-order chi connectivity index (χ0) is 18.9. The molecule has 11 nitrogen and oxygen atoms in total. The number of nitro benzene ring substituents is 1. The number of non-ortho nitro benzene ring substituents is 1. The number of nitrogens with one attached hydrogen (secondary N) is 2. The van der Waals surface area contributed by atoms with Gasteiger partial charge in [0.1, 0.15) is 6.07 Å². The Bertz CT molecular complexity index is 875. The Hall–Kier alpha value is -4.20. The van der Waals surface area contributed by atoms with E-state index in [1.165, 1.54) is 42.7 Å². The molecule has 1 aromatic heterocycles. The van der Waals surface area contributed by atoms with Gasteiger partial charge in [-0.1, -0.05) is 0 Å². The minimum absolute atomic E-state index is 0.128. The van der Waals surface area contributed by atoms with E-state index in [0.29, 0.717) is 0 Å². The predicted molar refractivity (Wildman–Crippen MR) is 86.9 cm³/mol. The van der Waals surface area contributed by atoms with Crippen molar-refractivity contribution in [2.24, 2.45) is 10.2 Å². The van der Waals surface area contributed by atoms with E-state index in [1.807, 2.05) is 0 Å². The number of hydrogen-bond donors (Lipinski definition) is 2. The highest BCUT2D eigenvalue weighted by atomic mass is 16.6. The summed E-state index contributed by atoms with van der Waals surface area (Å²) in [6.07, 6.45) is 2.79. The summed E-state index contributed by atoms with van der Waals surface area (Å²) < 4.78 is 0. The van der Waals surface area contributed by atoms with Crippen LogP contribution < -0.4 is 10.9 Å². The monoisotopic (exact) mass is 353 g/mol. The number of azo groups is 1. The Kier molecular flexibility index (Phi) is 6.00. The summed E-state index contributed by atoms with van der Waals surface area (Å²) in [5.74, 6) is -1.51. The lowest BCUT2D eigenvalue weighted by molar-refractivity contribution is -0.384. The second kappa shape index (κ2) is 8.60. The van der Waals surface area contributed by atoms with Crippen LogP contribution in [0, 0.1) is 21.4 Å². The van der Waals surface area contributed by atoms with Crippen molar-refractivity contribution >= 4 is 23.2 Å². The van der Waals surface area contributed by atoms with Gasteiger partial charge in [-0.05, 0) is 24.3 Å². The third-order valence-electron chi connectivity index (χ3n) is 2.94. The molecule has 1 unspecified atom stereocenters. The highest BCUT2D eigenvalue weighted by molar-refractivity contribution is 5.95. The Morgan fingerprint density at radius 3 is 2.54 bits per heavy atom. The van der Waals surface area contributed by atoms with Crippen LogP contribution in [0.5, 0.6) is 0 Å². The molecule has 0 fully saturated rings. The number of carbonyl (C=O) groups excluding carboxylic acids is 2. The van der Waals surface area contributed by atoms with Crippen LogP contribution in [0.25, 0.3) is 0 Å². The minimum atomic E-state index is -1.51. The van der Waals surface area contributed by atoms with Gasteiger partial charge in [0.05, 0.1) is 16.2 Å². The van der Waals surface area contributed by atoms with E-state index in [2.05, 4.69) is 26.1 Å². The first-order chi connectivity index (χ1) is 12.5. The fraction of sp³-hybridized carbons (Fsp3) is 0.0667. The summed E-state index contributed by atoms with van der Waals surface area (Å²) in [7, 11) is 0. The molecule has 2 N–H and O–H groups in total. The number of nitriles is 1. The number of rotatable bonds is 5. The number of nitrogens with zero attached hydrogens (tertiary/aromatic N) is 5. The quantitative estimate of drug-likeness (QED) is 0.469. The molecular weight excluding hydrogens is 342 g/mol. The fourth-order valence-electron chi connectivity index (χ4n) is 1.66. The van der Waals surface area contributed by atoms with Crippen molar-refractivity contribution in [3.63, 3.8) is 0 Å². The van der Waals surface area contributed by atoms with Gasteiger partial charge in [-0.15, -0.1) is 0 Å². The van der Waals surface area contributed by atoms with Gasteiger partial charge in [-0.25, -0.2) is 0 Å². The molecule has 1 aromatic carbocycles. The Morgan fingerprint density at radius 2 is 1.96 bits per heavy atom. The minimum Gasteiger partial charge on any atom is -0.269 e. The topological polar surface area (TPSA) is 163 Å². The fourth-order valence-corrected chi connectivity index (χ4v) is 1.66. The first-order valence-corrected chi connectivity index (χ1v) is 7.06. The van der Waals surface area contributed by atoms with Crippen LogP contribution in [0.3, 0.4) is 0 Å². The van der Waals surface area contributed by atoms with E-state index in [0.717, 1.165) is 0 Å². The average Bonchev–Trinajstić information content (AvgIpc) is 2.67. The van der Waals surface area contributed by atoms with E-state index in [1.54, 1.807) is 12.1 Å². The Labute approximate surface area is 146 Å². The molecule has 2 amide bonds. The van der Waals surface area contributed by atoms with E-state index in [9.17, 15) is 19.7 Å². The molecule has 0 saturated carbocycles. The predicted octanol–water partition coefficient (Wildman–Crippen LogP) is 1.43. The molecule has 2 rings (SSSR count). The van der Waals surface area contributed by atoms with E-state index >= 15 is 0 Å². The van der Waals surface area contributed by atoms with E-state index in [4.69, 9.17) is 5.26 Å². The molecule has 0 spiro atoms. The maximum Gasteiger partial charge on any atom is 0.279 e. The van der Waals surface area contributed by atoms with E-state index in [-0.39, 0.29) is 16.9 Å². The van der Waals surface area contributed by atoms with Crippen molar-refractivity contribution in [3.8, 4) is 6.07 Å². The lowest BCUT2D eigenvalue weighted by Gasteiger charge is -2.07. The second-order valence-corrected chi connectivity index (χ2v) is 4.71. The number of pyridine rings is 1. The Balaban J connectivity index is 1.94. The Morgan fingerprint density at radius 1 is 1.23 bits per heavy atom. The zero-order valence-corrected chi connectivity index (χ0v) is 13.1. The first kappa shape index (κ1) is 18.1. The van der Waals surface area contributed by atoms with Gasteiger partial charge in [0.25, 0.3) is 17.5 Å². The van der Waals surface area contributed by atoms with Gasteiger partial charge < -0.3 is 0 Å². The first-order valence-electron chi connectivity index (χ1n) is 7.06. The third kappa shape index (κ3) is 4.90. The molecule has 0 aliphatic heterocycles. The highest BCUT2D eigenvalue weighted by Gasteiger charge is 2.18. The molecule has 1 heterocycles. The maximum atomic E-state index is 11.9. The molecule has 26 heavy (non-hydrogen) atoms. The lowest BCUT2D eigenvalue weighted by atomic mass is 10.3. The van der Waals surface area contributed by atoms with Crippen LogP contribution in [-0.2, 0) is 4.79 Å². The lowest BCUT2D eigenvalue weighted by Crippen LogP contribution is -2.45. The molecule has 130 valence electrons. The highest BCUT2D eigenvalue weighted by Crippen LogP contribution is 2.18.